The summed E-state index contributed by atoms with van der Waals surface area (Å²) in [5, 5.41) is 0.400. The van der Waals surface area contributed by atoms with Crippen LogP contribution in [0.15, 0.2) is 12.1 Å². The van der Waals surface area contributed by atoms with Crippen molar-refractivity contribution in [1.82, 2.24) is 0 Å². The Bertz CT molecular complexity index is 455. The Morgan fingerprint density at radius 2 is 1.58 bits per heavy atom. The number of ether oxygens (including phenoxy) is 3. The second-order valence-electron chi connectivity index (χ2n) is 4.60. The third-order valence-electron chi connectivity index (χ3n) is 2.16. The number of rotatable bonds is 5. The quantitative estimate of drug-likeness (QED) is 0.774. The van der Waals surface area contributed by atoms with E-state index >= 15 is 0 Å². The maximum Gasteiger partial charge on any atom is 0.341 e. The zero-order chi connectivity index (χ0) is 14.6. The normalized spacial score (nSPS) is 10.7. The molecule has 0 saturated heterocycles. The number of benzene rings is 1. The highest BCUT2D eigenvalue weighted by Crippen LogP contribution is 2.34. The number of carbonyl (C=O) groups excluding carboxylic acids is 1. The van der Waals surface area contributed by atoms with Crippen molar-refractivity contribution in [2.75, 3.05) is 7.11 Å². The zero-order valence-corrected chi connectivity index (χ0v) is 12.6. The molecule has 0 heterocycles. The molecule has 0 aromatic heterocycles. The summed E-state index contributed by atoms with van der Waals surface area (Å²) in [6, 6.07) is 3.12. The number of methoxy groups -OCH3 is 1. The Morgan fingerprint density at radius 1 is 1.05 bits per heavy atom. The van der Waals surface area contributed by atoms with E-state index in [1.807, 2.05) is 27.7 Å². The third kappa shape index (κ3) is 4.31. The van der Waals surface area contributed by atoms with E-state index in [1.54, 1.807) is 12.1 Å². The average molecular weight is 287 g/mol. The minimum atomic E-state index is -0.485. The molecule has 0 bridgehead atoms. The third-order valence-corrected chi connectivity index (χ3v) is 2.46. The zero-order valence-electron chi connectivity index (χ0n) is 11.8. The Hall–Kier alpha value is -1.42. The van der Waals surface area contributed by atoms with Crippen LogP contribution >= 0.6 is 11.6 Å². The molecule has 0 saturated carbocycles. The van der Waals surface area contributed by atoms with Gasteiger partial charge in [0.25, 0.3) is 0 Å². The number of hydrogen-bond donors (Lipinski definition) is 0. The van der Waals surface area contributed by atoms with E-state index < -0.39 is 5.97 Å². The molecular formula is C14H19ClO4. The van der Waals surface area contributed by atoms with Crippen molar-refractivity contribution in [3.05, 3.63) is 22.7 Å². The van der Waals surface area contributed by atoms with Crippen LogP contribution in [-0.2, 0) is 4.74 Å². The van der Waals surface area contributed by atoms with Crippen molar-refractivity contribution >= 4 is 17.6 Å². The van der Waals surface area contributed by atoms with Crippen LogP contribution in [0.5, 0.6) is 11.5 Å². The highest BCUT2D eigenvalue weighted by molar-refractivity contribution is 6.32. The van der Waals surface area contributed by atoms with Gasteiger partial charge in [-0.05, 0) is 33.8 Å². The average Bonchev–Trinajstić information content (AvgIpc) is 2.30. The van der Waals surface area contributed by atoms with Crippen LogP contribution in [0.4, 0.5) is 0 Å². The maximum absolute atomic E-state index is 11.8. The largest absolute Gasteiger partial charge is 0.490 e. The fraction of sp³-hybridized carbons (Fsp3) is 0.500. The van der Waals surface area contributed by atoms with Gasteiger partial charge in [-0.15, -0.1) is 0 Å². The molecule has 0 N–H and O–H groups in total. The lowest BCUT2D eigenvalue weighted by molar-refractivity contribution is 0.0593. The minimum absolute atomic E-state index is 0.0418. The van der Waals surface area contributed by atoms with Crippen LogP contribution in [-0.4, -0.2) is 25.3 Å². The van der Waals surface area contributed by atoms with Gasteiger partial charge in [-0.25, -0.2) is 4.79 Å². The molecule has 0 aliphatic rings. The molecule has 0 fully saturated rings. The molecule has 0 amide bonds. The molecule has 106 valence electrons. The molecule has 5 heteroatoms. The number of carbonyl (C=O) groups is 1. The topological polar surface area (TPSA) is 44.8 Å². The predicted molar refractivity (Wildman–Crippen MR) is 74.3 cm³/mol. The van der Waals surface area contributed by atoms with Crippen LogP contribution in [0, 0.1) is 0 Å². The van der Waals surface area contributed by atoms with Crippen LogP contribution in [0.2, 0.25) is 5.02 Å². The van der Waals surface area contributed by atoms with E-state index in [0.717, 1.165) is 0 Å². The van der Waals surface area contributed by atoms with Crippen molar-refractivity contribution in [1.29, 1.82) is 0 Å². The van der Waals surface area contributed by atoms with Crippen molar-refractivity contribution < 1.29 is 19.0 Å². The lowest BCUT2D eigenvalue weighted by Gasteiger charge is -2.17. The molecule has 0 aliphatic heterocycles. The standard InChI is InChI=1S/C14H19ClO4/c1-8(2)18-12-7-11(15)13(19-9(3)4)6-10(12)14(16)17-5/h6-9H,1-5H3. The molecule has 1 aromatic rings. The van der Waals surface area contributed by atoms with E-state index in [1.165, 1.54) is 7.11 Å². The number of esters is 1. The minimum Gasteiger partial charge on any atom is -0.490 e. The van der Waals surface area contributed by atoms with Gasteiger partial charge in [0.2, 0.25) is 0 Å². The molecule has 0 spiro atoms. The van der Waals surface area contributed by atoms with E-state index in [-0.39, 0.29) is 12.2 Å². The molecular weight excluding hydrogens is 268 g/mol. The Morgan fingerprint density at radius 3 is 2.05 bits per heavy atom. The van der Waals surface area contributed by atoms with Gasteiger partial charge in [-0.1, -0.05) is 11.6 Å². The second-order valence-corrected chi connectivity index (χ2v) is 5.01. The highest BCUT2D eigenvalue weighted by atomic mass is 35.5. The SMILES string of the molecule is COC(=O)c1cc(OC(C)C)c(Cl)cc1OC(C)C. The number of halogens is 1. The van der Waals surface area contributed by atoms with E-state index in [9.17, 15) is 4.79 Å². The van der Waals surface area contributed by atoms with Crippen molar-refractivity contribution in [3.63, 3.8) is 0 Å². The summed E-state index contributed by atoms with van der Waals surface area (Å²) in [5.74, 6) is 0.344. The number of hydrogen-bond acceptors (Lipinski definition) is 4. The molecule has 1 aromatic carbocycles. The van der Waals surface area contributed by atoms with Crippen molar-refractivity contribution in [2.45, 2.75) is 39.9 Å². The molecule has 19 heavy (non-hydrogen) atoms. The van der Waals surface area contributed by atoms with Crippen LogP contribution in [0.25, 0.3) is 0 Å². The van der Waals surface area contributed by atoms with Crippen molar-refractivity contribution in [2.24, 2.45) is 0 Å². The van der Waals surface area contributed by atoms with E-state index in [2.05, 4.69) is 0 Å². The lowest BCUT2D eigenvalue weighted by Crippen LogP contribution is -2.12. The van der Waals surface area contributed by atoms with Crippen LogP contribution in [0.3, 0.4) is 0 Å². The van der Waals surface area contributed by atoms with Crippen LogP contribution in [0.1, 0.15) is 38.1 Å². The summed E-state index contributed by atoms with van der Waals surface area (Å²) in [6.45, 7) is 7.50. The molecule has 4 nitrogen and oxygen atoms in total. The van der Waals surface area contributed by atoms with Gasteiger partial charge in [0.1, 0.15) is 17.1 Å². The first-order chi connectivity index (χ1) is 8.85. The fourth-order valence-electron chi connectivity index (χ4n) is 1.50. The molecule has 0 radical (unpaired) electrons. The highest BCUT2D eigenvalue weighted by Gasteiger charge is 2.19. The summed E-state index contributed by atoms with van der Waals surface area (Å²) in [7, 11) is 1.32. The second kappa shape index (κ2) is 6.66. The van der Waals surface area contributed by atoms with Gasteiger partial charge in [-0.3, -0.25) is 0 Å². The summed E-state index contributed by atoms with van der Waals surface area (Å²) in [5.41, 5.74) is 0.302. The fourth-order valence-corrected chi connectivity index (χ4v) is 1.70. The molecule has 0 aliphatic carbocycles. The first kappa shape index (κ1) is 15.6. The first-order valence-electron chi connectivity index (χ1n) is 6.10. The van der Waals surface area contributed by atoms with Gasteiger partial charge in [-0.2, -0.15) is 0 Å². The molecule has 0 unspecified atom stereocenters. The summed E-state index contributed by atoms with van der Waals surface area (Å²) in [6.07, 6.45) is -0.115. The Balaban J connectivity index is 3.24. The van der Waals surface area contributed by atoms with Gasteiger partial charge >= 0.3 is 5.97 Å². The van der Waals surface area contributed by atoms with Crippen molar-refractivity contribution in [3.8, 4) is 11.5 Å². The van der Waals surface area contributed by atoms with Gasteiger partial charge in [0.15, 0.2) is 0 Å². The monoisotopic (exact) mass is 286 g/mol. The molecule has 0 atom stereocenters. The van der Waals surface area contributed by atoms with E-state index in [0.29, 0.717) is 22.1 Å². The first-order valence-corrected chi connectivity index (χ1v) is 6.48. The maximum atomic E-state index is 11.8. The Kier molecular flexibility index (Phi) is 5.48. The molecule has 1 rings (SSSR count). The van der Waals surface area contributed by atoms with E-state index in [4.69, 9.17) is 25.8 Å². The summed E-state index contributed by atoms with van der Waals surface area (Å²) < 4.78 is 15.9. The summed E-state index contributed by atoms with van der Waals surface area (Å²) >= 11 is 6.12. The summed E-state index contributed by atoms with van der Waals surface area (Å²) in [4.78, 5) is 11.8. The smallest absolute Gasteiger partial charge is 0.341 e. The van der Waals surface area contributed by atoms with Gasteiger partial charge in [0, 0.05) is 6.07 Å². The lowest BCUT2D eigenvalue weighted by atomic mass is 10.2. The van der Waals surface area contributed by atoms with Gasteiger partial charge in [0.05, 0.1) is 24.3 Å². The van der Waals surface area contributed by atoms with Gasteiger partial charge < -0.3 is 14.2 Å². The predicted octanol–water partition coefficient (Wildman–Crippen LogP) is 3.70. The Labute approximate surface area is 118 Å². The van der Waals surface area contributed by atoms with Crippen LogP contribution < -0.4 is 9.47 Å².